The Bertz CT molecular complexity index is 609. The zero-order valence-corrected chi connectivity index (χ0v) is 12.0. The predicted octanol–water partition coefficient (Wildman–Crippen LogP) is 3.85. The summed E-state index contributed by atoms with van der Waals surface area (Å²) in [6, 6.07) is 5.36. The van der Waals surface area contributed by atoms with Crippen molar-refractivity contribution in [1.29, 1.82) is 0 Å². The third kappa shape index (κ3) is 2.15. The number of carbonyl (C=O) groups is 1. The number of ether oxygens (including phenoxy) is 1. The lowest BCUT2D eigenvalue weighted by Gasteiger charge is -2.04. The Kier molecular flexibility index (Phi) is 3.73. The first-order valence-electron chi connectivity index (χ1n) is 5.05. The number of carbonyl (C=O) groups excluding carboxylic acids is 1. The topological polar surface area (TPSA) is 52.3 Å². The van der Waals surface area contributed by atoms with Gasteiger partial charge in [-0.05, 0) is 28.9 Å². The van der Waals surface area contributed by atoms with Crippen molar-refractivity contribution in [3.8, 4) is 11.3 Å². The van der Waals surface area contributed by atoms with Crippen molar-refractivity contribution >= 4 is 33.5 Å². The second-order valence-electron chi connectivity index (χ2n) is 3.56. The van der Waals surface area contributed by atoms with Crippen LogP contribution in [0.5, 0.6) is 0 Å². The first-order valence-corrected chi connectivity index (χ1v) is 6.22. The number of benzene rings is 1. The van der Waals surface area contributed by atoms with Gasteiger partial charge in [0.2, 0.25) is 0 Å². The summed E-state index contributed by atoms with van der Waals surface area (Å²) in [7, 11) is 1.31. The molecule has 94 valence electrons. The molecule has 6 heteroatoms. The standard InChI is InChI=1S/C12H9BrClNO3/c1-6-9(12(16)17-2)11(15-18-6)7-4-3-5-8(13)10(7)14/h3-5H,1-2H3. The van der Waals surface area contributed by atoms with Gasteiger partial charge in [-0.1, -0.05) is 28.9 Å². The molecule has 2 aromatic rings. The van der Waals surface area contributed by atoms with E-state index in [9.17, 15) is 4.79 Å². The molecule has 0 aliphatic rings. The van der Waals surface area contributed by atoms with Gasteiger partial charge >= 0.3 is 5.97 Å². The number of methoxy groups -OCH3 is 1. The Morgan fingerprint density at radius 3 is 2.89 bits per heavy atom. The van der Waals surface area contributed by atoms with Crippen LogP contribution in [0.4, 0.5) is 0 Å². The number of aryl methyl sites for hydroxylation is 1. The van der Waals surface area contributed by atoms with Crippen molar-refractivity contribution in [2.24, 2.45) is 0 Å². The Morgan fingerprint density at radius 2 is 2.22 bits per heavy atom. The molecule has 0 fully saturated rings. The molecule has 1 aromatic heterocycles. The molecule has 0 saturated carbocycles. The zero-order chi connectivity index (χ0) is 13.3. The molecule has 18 heavy (non-hydrogen) atoms. The summed E-state index contributed by atoms with van der Waals surface area (Å²) in [6.07, 6.45) is 0. The van der Waals surface area contributed by atoms with Gasteiger partial charge in [0.15, 0.2) is 0 Å². The summed E-state index contributed by atoms with van der Waals surface area (Å²) in [6.45, 7) is 1.65. The van der Waals surface area contributed by atoms with Crippen molar-refractivity contribution in [1.82, 2.24) is 5.16 Å². The van der Waals surface area contributed by atoms with Crippen LogP contribution in [0.3, 0.4) is 0 Å². The lowest BCUT2D eigenvalue weighted by atomic mass is 10.1. The Labute approximate surface area is 117 Å². The van der Waals surface area contributed by atoms with E-state index in [2.05, 4.69) is 21.1 Å². The molecule has 1 aromatic carbocycles. The predicted molar refractivity (Wildman–Crippen MR) is 70.7 cm³/mol. The summed E-state index contributed by atoms with van der Waals surface area (Å²) < 4.78 is 10.5. The van der Waals surface area contributed by atoms with Crippen LogP contribution in [0.1, 0.15) is 16.1 Å². The SMILES string of the molecule is COC(=O)c1c(-c2cccc(Br)c2Cl)noc1C. The van der Waals surface area contributed by atoms with Crippen LogP contribution in [0.25, 0.3) is 11.3 Å². The normalized spacial score (nSPS) is 10.4. The number of hydrogen-bond donors (Lipinski definition) is 0. The second kappa shape index (κ2) is 5.12. The number of halogens is 2. The van der Waals surface area contributed by atoms with Gasteiger partial charge in [0.25, 0.3) is 0 Å². The first-order chi connectivity index (χ1) is 8.56. The first kappa shape index (κ1) is 13.1. The fourth-order valence-electron chi connectivity index (χ4n) is 1.59. The van der Waals surface area contributed by atoms with Crippen LogP contribution in [-0.2, 0) is 4.74 Å². The monoisotopic (exact) mass is 329 g/mol. The Hall–Kier alpha value is -1.33. The minimum absolute atomic E-state index is 0.289. The highest BCUT2D eigenvalue weighted by Gasteiger charge is 2.24. The molecule has 4 nitrogen and oxygen atoms in total. The summed E-state index contributed by atoms with van der Waals surface area (Å²) in [5.74, 6) is -0.104. The molecule has 0 spiro atoms. The lowest BCUT2D eigenvalue weighted by Crippen LogP contribution is -2.03. The molecule has 0 saturated heterocycles. The summed E-state index contributed by atoms with van der Waals surface area (Å²) >= 11 is 9.50. The van der Waals surface area contributed by atoms with Crippen LogP contribution in [-0.4, -0.2) is 18.2 Å². The molecule has 0 aliphatic carbocycles. The average Bonchev–Trinajstić information content (AvgIpc) is 2.73. The molecule has 0 unspecified atom stereocenters. The van der Waals surface area contributed by atoms with E-state index in [4.69, 9.17) is 20.9 Å². The maximum Gasteiger partial charge on any atom is 0.343 e. The zero-order valence-electron chi connectivity index (χ0n) is 9.66. The lowest BCUT2D eigenvalue weighted by molar-refractivity contribution is 0.0599. The largest absolute Gasteiger partial charge is 0.465 e. The summed E-state index contributed by atoms with van der Waals surface area (Å²) in [4.78, 5) is 11.7. The number of rotatable bonds is 2. The van der Waals surface area contributed by atoms with Crippen molar-refractivity contribution < 1.29 is 14.1 Å². The van der Waals surface area contributed by atoms with Crippen LogP contribution in [0.15, 0.2) is 27.2 Å². The van der Waals surface area contributed by atoms with E-state index in [-0.39, 0.29) is 5.56 Å². The fraction of sp³-hybridized carbons (Fsp3) is 0.167. The van der Waals surface area contributed by atoms with Gasteiger partial charge in [0.1, 0.15) is 17.0 Å². The van der Waals surface area contributed by atoms with Crippen molar-refractivity contribution in [3.63, 3.8) is 0 Å². The number of nitrogens with zero attached hydrogens (tertiary/aromatic N) is 1. The van der Waals surface area contributed by atoms with Gasteiger partial charge in [0.05, 0.1) is 12.1 Å². The summed E-state index contributed by atoms with van der Waals surface area (Å²) in [5, 5.41) is 4.34. The molecular formula is C12H9BrClNO3. The fourth-order valence-corrected chi connectivity index (χ4v) is 2.17. The number of aromatic nitrogens is 1. The van der Waals surface area contributed by atoms with E-state index in [0.717, 1.165) is 4.47 Å². The molecule has 1 heterocycles. The highest BCUT2D eigenvalue weighted by atomic mass is 79.9. The van der Waals surface area contributed by atoms with Gasteiger partial charge in [0, 0.05) is 10.0 Å². The Morgan fingerprint density at radius 1 is 1.50 bits per heavy atom. The second-order valence-corrected chi connectivity index (χ2v) is 4.79. The molecule has 0 bridgehead atoms. The number of hydrogen-bond acceptors (Lipinski definition) is 4. The highest BCUT2D eigenvalue weighted by molar-refractivity contribution is 9.10. The van der Waals surface area contributed by atoms with Gasteiger partial charge in [-0.2, -0.15) is 0 Å². The maximum atomic E-state index is 11.7. The third-order valence-electron chi connectivity index (χ3n) is 2.46. The van der Waals surface area contributed by atoms with E-state index in [1.807, 2.05) is 0 Å². The van der Waals surface area contributed by atoms with E-state index in [1.165, 1.54) is 7.11 Å². The molecule has 0 N–H and O–H groups in total. The molecule has 2 rings (SSSR count). The van der Waals surface area contributed by atoms with Gasteiger partial charge in [-0.25, -0.2) is 4.79 Å². The maximum absolute atomic E-state index is 11.7. The minimum Gasteiger partial charge on any atom is -0.465 e. The smallest absolute Gasteiger partial charge is 0.343 e. The van der Waals surface area contributed by atoms with E-state index in [1.54, 1.807) is 25.1 Å². The molecule has 0 radical (unpaired) electrons. The van der Waals surface area contributed by atoms with Crippen molar-refractivity contribution in [3.05, 3.63) is 39.0 Å². The summed E-state index contributed by atoms with van der Waals surface area (Å²) in [5.41, 5.74) is 1.28. The van der Waals surface area contributed by atoms with Crippen LogP contribution < -0.4 is 0 Å². The number of esters is 1. The van der Waals surface area contributed by atoms with E-state index in [0.29, 0.717) is 22.0 Å². The van der Waals surface area contributed by atoms with Gasteiger partial charge in [-0.15, -0.1) is 0 Å². The van der Waals surface area contributed by atoms with E-state index < -0.39 is 5.97 Å². The highest BCUT2D eigenvalue weighted by Crippen LogP contribution is 2.35. The van der Waals surface area contributed by atoms with Crippen molar-refractivity contribution in [2.75, 3.05) is 7.11 Å². The van der Waals surface area contributed by atoms with E-state index >= 15 is 0 Å². The minimum atomic E-state index is -0.500. The molecular weight excluding hydrogens is 321 g/mol. The van der Waals surface area contributed by atoms with Crippen LogP contribution >= 0.6 is 27.5 Å². The third-order valence-corrected chi connectivity index (χ3v) is 3.76. The molecule has 0 atom stereocenters. The average molecular weight is 331 g/mol. The van der Waals surface area contributed by atoms with Crippen LogP contribution in [0.2, 0.25) is 5.02 Å². The van der Waals surface area contributed by atoms with Gasteiger partial charge in [-0.3, -0.25) is 0 Å². The quantitative estimate of drug-likeness (QED) is 0.785. The Balaban J connectivity index is 2.65. The van der Waals surface area contributed by atoms with Gasteiger partial charge < -0.3 is 9.26 Å². The molecule has 0 amide bonds. The van der Waals surface area contributed by atoms with Crippen LogP contribution in [0, 0.1) is 6.92 Å². The molecule has 0 aliphatic heterocycles. The van der Waals surface area contributed by atoms with Crippen molar-refractivity contribution in [2.45, 2.75) is 6.92 Å².